The van der Waals surface area contributed by atoms with Gasteiger partial charge >= 0.3 is 0 Å². The van der Waals surface area contributed by atoms with Gasteiger partial charge in [0.15, 0.2) is 0 Å². The number of fused-ring (bicyclic) bond motifs is 1. The molecule has 0 amide bonds. The van der Waals surface area contributed by atoms with E-state index in [0.717, 1.165) is 26.2 Å². The molecule has 1 saturated heterocycles. The summed E-state index contributed by atoms with van der Waals surface area (Å²) in [5.74, 6) is 0. The third-order valence-corrected chi connectivity index (χ3v) is 4.41. The molecular formula is C17H26N2O. The zero-order valence-corrected chi connectivity index (χ0v) is 12.3. The number of anilines is 1. The van der Waals surface area contributed by atoms with E-state index in [1.807, 2.05) is 0 Å². The maximum absolute atomic E-state index is 5.65. The molecule has 0 aliphatic carbocycles. The van der Waals surface area contributed by atoms with E-state index in [1.54, 1.807) is 0 Å². The summed E-state index contributed by atoms with van der Waals surface area (Å²) in [6, 6.07) is 8.89. The highest BCUT2D eigenvalue weighted by Gasteiger charge is 2.16. The number of rotatable bonds is 5. The Hall–Kier alpha value is -1.06. The summed E-state index contributed by atoms with van der Waals surface area (Å²) >= 11 is 0. The van der Waals surface area contributed by atoms with Crippen LogP contribution in [0.2, 0.25) is 0 Å². The molecule has 2 heterocycles. The van der Waals surface area contributed by atoms with Crippen molar-refractivity contribution in [3.63, 3.8) is 0 Å². The average molecular weight is 274 g/mol. The van der Waals surface area contributed by atoms with Crippen molar-refractivity contribution in [2.45, 2.75) is 38.2 Å². The number of hydrogen-bond acceptors (Lipinski definition) is 3. The number of nitrogens with one attached hydrogen (secondary N) is 1. The second kappa shape index (κ2) is 7.09. The van der Waals surface area contributed by atoms with Crippen molar-refractivity contribution in [2.24, 2.45) is 0 Å². The van der Waals surface area contributed by atoms with Gasteiger partial charge in [-0.1, -0.05) is 18.2 Å². The van der Waals surface area contributed by atoms with Gasteiger partial charge in [-0.3, -0.25) is 0 Å². The summed E-state index contributed by atoms with van der Waals surface area (Å²) in [6.45, 7) is 5.30. The van der Waals surface area contributed by atoms with Crippen molar-refractivity contribution < 1.29 is 4.74 Å². The fourth-order valence-electron chi connectivity index (χ4n) is 3.28. The van der Waals surface area contributed by atoms with Crippen molar-refractivity contribution in [1.82, 2.24) is 5.32 Å². The van der Waals surface area contributed by atoms with E-state index >= 15 is 0 Å². The zero-order chi connectivity index (χ0) is 13.6. The number of para-hydroxylation sites is 1. The van der Waals surface area contributed by atoms with Crippen molar-refractivity contribution >= 4 is 5.69 Å². The molecule has 1 unspecified atom stereocenters. The van der Waals surface area contributed by atoms with Crippen molar-refractivity contribution in [3.05, 3.63) is 29.8 Å². The smallest absolute Gasteiger partial charge is 0.0700 e. The van der Waals surface area contributed by atoms with E-state index in [2.05, 4.69) is 34.5 Å². The topological polar surface area (TPSA) is 24.5 Å². The standard InChI is InChI=1S/C17H26N2O/c1-2-9-17-15(6-1)7-3-4-11-19(17)12-10-18-14-16-8-5-13-20-16/h1-2,6,9,16,18H,3-5,7-8,10-14H2. The molecule has 1 aromatic carbocycles. The normalized spacial score (nSPS) is 22.6. The molecule has 0 bridgehead atoms. The van der Waals surface area contributed by atoms with Crippen LogP contribution in [0.3, 0.4) is 0 Å². The Kier molecular flexibility index (Phi) is 4.93. The fraction of sp³-hybridized carbons (Fsp3) is 0.647. The number of nitrogens with zero attached hydrogens (tertiary/aromatic N) is 1. The first-order valence-corrected chi connectivity index (χ1v) is 8.08. The monoisotopic (exact) mass is 274 g/mol. The van der Waals surface area contributed by atoms with Crippen molar-refractivity contribution in [2.75, 3.05) is 37.7 Å². The highest BCUT2D eigenvalue weighted by Crippen LogP contribution is 2.25. The second-order valence-corrected chi connectivity index (χ2v) is 5.91. The number of benzene rings is 1. The first kappa shape index (κ1) is 13.9. The molecule has 1 fully saturated rings. The number of aryl methyl sites for hydroxylation is 1. The summed E-state index contributed by atoms with van der Waals surface area (Å²) < 4.78 is 5.65. The van der Waals surface area contributed by atoms with Gasteiger partial charge in [-0.2, -0.15) is 0 Å². The molecule has 2 aliphatic heterocycles. The summed E-state index contributed by atoms with van der Waals surface area (Å²) in [5, 5.41) is 3.56. The van der Waals surface area contributed by atoms with Crippen LogP contribution < -0.4 is 10.2 Å². The minimum Gasteiger partial charge on any atom is -0.377 e. The Labute approximate surface area is 122 Å². The first-order valence-electron chi connectivity index (χ1n) is 8.08. The summed E-state index contributed by atoms with van der Waals surface area (Å²) in [7, 11) is 0. The van der Waals surface area contributed by atoms with Gasteiger partial charge in [-0.05, 0) is 43.7 Å². The average Bonchev–Trinajstić information content (AvgIpc) is 2.91. The second-order valence-electron chi connectivity index (χ2n) is 5.91. The van der Waals surface area contributed by atoms with Crippen LogP contribution in [0.25, 0.3) is 0 Å². The van der Waals surface area contributed by atoms with E-state index in [-0.39, 0.29) is 0 Å². The quantitative estimate of drug-likeness (QED) is 0.835. The third-order valence-electron chi connectivity index (χ3n) is 4.41. The van der Waals surface area contributed by atoms with Gasteiger partial charge in [0.25, 0.3) is 0 Å². The molecule has 0 radical (unpaired) electrons. The molecule has 0 aromatic heterocycles. The van der Waals surface area contributed by atoms with Gasteiger partial charge in [0.05, 0.1) is 6.10 Å². The van der Waals surface area contributed by atoms with E-state index in [1.165, 1.54) is 49.9 Å². The van der Waals surface area contributed by atoms with Crippen LogP contribution in [-0.4, -0.2) is 38.9 Å². The third kappa shape index (κ3) is 3.53. The van der Waals surface area contributed by atoms with Crippen LogP contribution in [0.15, 0.2) is 24.3 Å². The lowest BCUT2D eigenvalue weighted by Crippen LogP contribution is -2.35. The van der Waals surface area contributed by atoms with Gasteiger partial charge in [0.1, 0.15) is 0 Å². The van der Waals surface area contributed by atoms with E-state index < -0.39 is 0 Å². The molecule has 1 N–H and O–H groups in total. The highest BCUT2D eigenvalue weighted by atomic mass is 16.5. The van der Waals surface area contributed by atoms with Gasteiger partial charge in [0, 0.05) is 38.5 Å². The van der Waals surface area contributed by atoms with Crippen LogP contribution in [0.1, 0.15) is 31.2 Å². The molecule has 0 saturated carbocycles. The Morgan fingerprint density at radius 3 is 3.05 bits per heavy atom. The Bertz CT molecular complexity index is 415. The Morgan fingerprint density at radius 1 is 1.20 bits per heavy atom. The van der Waals surface area contributed by atoms with Crippen molar-refractivity contribution in [1.29, 1.82) is 0 Å². The van der Waals surface area contributed by atoms with Gasteiger partial charge in [-0.25, -0.2) is 0 Å². The summed E-state index contributed by atoms with van der Waals surface area (Å²) in [4.78, 5) is 2.55. The van der Waals surface area contributed by atoms with Crippen molar-refractivity contribution in [3.8, 4) is 0 Å². The highest BCUT2D eigenvalue weighted by molar-refractivity contribution is 5.54. The maximum Gasteiger partial charge on any atom is 0.0700 e. The zero-order valence-electron chi connectivity index (χ0n) is 12.3. The van der Waals surface area contributed by atoms with E-state index in [9.17, 15) is 0 Å². The SMILES string of the molecule is c1ccc2c(c1)CCCCN2CCNCC1CCCO1. The van der Waals surface area contributed by atoms with Crippen LogP contribution in [0.4, 0.5) is 5.69 Å². The molecule has 2 aliphatic rings. The lowest BCUT2D eigenvalue weighted by molar-refractivity contribution is 0.110. The number of hydrogen-bond donors (Lipinski definition) is 1. The fourth-order valence-corrected chi connectivity index (χ4v) is 3.28. The minimum atomic E-state index is 0.450. The van der Waals surface area contributed by atoms with Crippen LogP contribution >= 0.6 is 0 Å². The predicted molar refractivity (Wildman–Crippen MR) is 83.4 cm³/mol. The Morgan fingerprint density at radius 2 is 2.15 bits per heavy atom. The van der Waals surface area contributed by atoms with Gasteiger partial charge in [0.2, 0.25) is 0 Å². The van der Waals surface area contributed by atoms with Gasteiger partial charge < -0.3 is 15.0 Å². The summed E-state index contributed by atoms with van der Waals surface area (Å²) in [5.41, 5.74) is 2.97. The molecule has 3 nitrogen and oxygen atoms in total. The molecule has 1 aromatic rings. The number of ether oxygens (including phenoxy) is 1. The molecule has 20 heavy (non-hydrogen) atoms. The Balaban J connectivity index is 1.49. The first-order chi connectivity index (χ1) is 9.93. The van der Waals surface area contributed by atoms with Crippen LogP contribution in [-0.2, 0) is 11.2 Å². The molecular weight excluding hydrogens is 248 g/mol. The lowest BCUT2D eigenvalue weighted by Gasteiger charge is -2.25. The van der Waals surface area contributed by atoms with E-state index in [0.29, 0.717) is 6.10 Å². The van der Waals surface area contributed by atoms with E-state index in [4.69, 9.17) is 4.74 Å². The molecule has 1 atom stereocenters. The van der Waals surface area contributed by atoms with Crippen LogP contribution in [0, 0.1) is 0 Å². The minimum absolute atomic E-state index is 0.450. The molecule has 110 valence electrons. The largest absolute Gasteiger partial charge is 0.377 e. The molecule has 0 spiro atoms. The molecule has 3 heteroatoms. The van der Waals surface area contributed by atoms with Gasteiger partial charge in [-0.15, -0.1) is 0 Å². The molecule has 3 rings (SSSR count). The lowest BCUT2D eigenvalue weighted by atomic mass is 10.1. The maximum atomic E-state index is 5.65. The summed E-state index contributed by atoms with van der Waals surface area (Å²) in [6.07, 6.45) is 6.75. The van der Waals surface area contributed by atoms with Crippen LogP contribution in [0.5, 0.6) is 0 Å². The predicted octanol–water partition coefficient (Wildman–Crippen LogP) is 2.60.